The Kier molecular flexibility index (Phi) is 5.13. The third kappa shape index (κ3) is 3.49. The molecule has 0 aliphatic rings. The maximum Gasteiger partial charge on any atom is 0.413 e. The second kappa shape index (κ2) is 6.23. The molecule has 7 heteroatoms. The molecule has 20 heavy (non-hydrogen) atoms. The van der Waals surface area contributed by atoms with Crippen LogP contribution in [0, 0.1) is 0 Å². The summed E-state index contributed by atoms with van der Waals surface area (Å²) in [5.74, 6) is -1.19. The van der Waals surface area contributed by atoms with E-state index in [1.807, 2.05) is 0 Å². The molecule has 0 spiro atoms. The molecular formula is C13H16F3NO3. The van der Waals surface area contributed by atoms with E-state index in [9.17, 15) is 18.0 Å². The first-order valence-corrected chi connectivity index (χ1v) is 5.83. The zero-order chi connectivity index (χ0) is 15.4. The highest BCUT2D eigenvalue weighted by Gasteiger charge is 2.54. The minimum atomic E-state index is -4.84. The summed E-state index contributed by atoms with van der Waals surface area (Å²) in [6.07, 6.45) is -4.84. The minimum Gasteiger partial charge on any atom is -0.490 e. The van der Waals surface area contributed by atoms with Gasteiger partial charge in [-0.25, -0.2) is 0 Å². The number of carbonyl (C=O) groups excluding carboxylic acids is 1. The van der Waals surface area contributed by atoms with Crippen molar-refractivity contribution < 1.29 is 27.4 Å². The fourth-order valence-corrected chi connectivity index (χ4v) is 1.42. The molecule has 1 aromatic rings. The molecule has 0 bridgehead atoms. The SMILES string of the molecule is COCCOc1ccccc1C(=O)C(C)(N)C(F)(F)F. The number of benzene rings is 1. The van der Waals surface area contributed by atoms with Crippen LogP contribution in [0.4, 0.5) is 13.2 Å². The average molecular weight is 291 g/mol. The largest absolute Gasteiger partial charge is 0.490 e. The molecule has 1 aromatic carbocycles. The number of para-hydroxylation sites is 1. The fourth-order valence-electron chi connectivity index (χ4n) is 1.42. The Morgan fingerprint density at radius 3 is 2.40 bits per heavy atom. The second-order valence-electron chi connectivity index (χ2n) is 4.37. The van der Waals surface area contributed by atoms with Crippen LogP contribution < -0.4 is 10.5 Å². The molecule has 0 aliphatic heterocycles. The summed E-state index contributed by atoms with van der Waals surface area (Å²) in [5, 5.41) is 0. The zero-order valence-corrected chi connectivity index (χ0v) is 11.2. The number of carbonyl (C=O) groups is 1. The van der Waals surface area contributed by atoms with Crippen LogP contribution in [0.15, 0.2) is 24.3 Å². The molecule has 0 heterocycles. The lowest BCUT2D eigenvalue weighted by Gasteiger charge is -2.26. The Balaban J connectivity index is 3.04. The van der Waals surface area contributed by atoms with Crippen molar-refractivity contribution in [3.63, 3.8) is 0 Å². The molecule has 1 rings (SSSR count). The Hall–Kier alpha value is -1.60. The predicted molar refractivity (Wildman–Crippen MR) is 66.8 cm³/mol. The van der Waals surface area contributed by atoms with Crippen LogP contribution in [0.3, 0.4) is 0 Å². The number of methoxy groups -OCH3 is 1. The van der Waals surface area contributed by atoms with Crippen molar-refractivity contribution in [1.82, 2.24) is 0 Å². The molecule has 0 fully saturated rings. The molecule has 0 saturated heterocycles. The van der Waals surface area contributed by atoms with E-state index in [1.54, 1.807) is 6.07 Å². The van der Waals surface area contributed by atoms with Crippen molar-refractivity contribution in [1.29, 1.82) is 0 Å². The number of ether oxygens (including phenoxy) is 2. The van der Waals surface area contributed by atoms with Crippen LogP contribution in [0.5, 0.6) is 5.75 Å². The standard InChI is InChI=1S/C13H16F3NO3/c1-12(17,13(14,15)16)11(18)9-5-3-4-6-10(9)20-8-7-19-2/h3-6H,7-8,17H2,1-2H3. The van der Waals surface area contributed by atoms with Gasteiger partial charge < -0.3 is 15.2 Å². The van der Waals surface area contributed by atoms with E-state index in [4.69, 9.17) is 15.2 Å². The number of alkyl halides is 3. The third-order valence-electron chi connectivity index (χ3n) is 2.74. The monoisotopic (exact) mass is 291 g/mol. The average Bonchev–Trinajstić information content (AvgIpc) is 2.37. The van der Waals surface area contributed by atoms with Gasteiger partial charge in [-0.05, 0) is 19.1 Å². The van der Waals surface area contributed by atoms with Crippen molar-refractivity contribution in [2.45, 2.75) is 18.6 Å². The molecule has 2 N–H and O–H groups in total. The lowest BCUT2D eigenvalue weighted by atomic mass is 9.91. The van der Waals surface area contributed by atoms with Crippen molar-refractivity contribution in [2.24, 2.45) is 5.73 Å². The maximum atomic E-state index is 12.8. The lowest BCUT2D eigenvalue weighted by molar-refractivity contribution is -0.165. The normalized spacial score (nSPS) is 14.7. The van der Waals surface area contributed by atoms with Crippen LogP contribution in [-0.4, -0.2) is 37.8 Å². The van der Waals surface area contributed by atoms with E-state index in [1.165, 1.54) is 25.3 Å². The molecular weight excluding hydrogens is 275 g/mol. The Labute approximate surface area is 114 Å². The predicted octanol–water partition coefficient (Wildman–Crippen LogP) is 2.17. The highest BCUT2D eigenvalue weighted by molar-refractivity contribution is 6.05. The number of hydrogen-bond acceptors (Lipinski definition) is 4. The molecule has 0 amide bonds. The van der Waals surface area contributed by atoms with Crippen LogP contribution in [0.1, 0.15) is 17.3 Å². The Bertz CT molecular complexity index is 472. The number of halogens is 3. The maximum absolute atomic E-state index is 12.8. The first-order valence-electron chi connectivity index (χ1n) is 5.83. The van der Waals surface area contributed by atoms with E-state index >= 15 is 0 Å². The molecule has 0 radical (unpaired) electrons. The molecule has 1 atom stereocenters. The van der Waals surface area contributed by atoms with Gasteiger partial charge in [0.15, 0.2) is 11.3 Å². The summed E-state index contributed by atoms with van der Waals surface area (Å²) < 4.78 is 48.4. The number of hydrogen-bond donors (Lipinski definition) is 1. The van der Waals surface area contributed by atoms with E-state index in [0.717, 1.165) is 0 Å². The van der Waals surface area contributed by atoms with E-state index < -0.39 is 17.5 Å². The molecule has 112 valence electrons. The van der Waals surface area contributed by atoms with Crippen molar-refractivity contribution in [3.8, 4) is 5.75 Å². The summed E-state index contributed by atoms with van der Waals surface area (Å²) in [4.78, 5) is 12.0. The first kappa shape index (κ1) is 16.5. The molecule has 0 aliphatic carbocycles. The molecule has 0 saturated carbocycles. The third-order valence-corrected chi connectivity index (χ3v) is 2.74. The Morgan fingerprint density at radius 2 is 1.85 bits per heavy atom. The van der Waals surface area contributed by atoms with Gasteiger partial charge in [0, 0.05) is 7.11 Å². The lowest BCUT2D eigenvalue weighted by Crippen LogP contribution is -2.57. The number of rotatable bonds is 6. The van der Waals surface area contributed by atoms with Gasteiger partial charge in [0.05, 0.1) is 12.2 Å². The second-order valence-corrected chi connectivity index (χ2v) is 4.37. The smallest absolute Gasteiger partial charge is 0.413 e. The molecule has 0 aromatic heterocycles. The van der Waals surface area contributed by atoms with Gasteiger partial charge in [-0.3, -0.25) is 4.79 Å². The summed E-state index contributed by atoms with van der Waals surface area (Å²) in [6, 6.07) is 5.67. The van der Waals surface area contributed by atoms with Gasteiger partial charge in [-0.1, -0.05) is 12.1 Å². The molecule has 1 unspecified atom stereocenters. The topological polar surface area (TPSA) is 61.5 Å². The zero-order valence-electron chi connectivity index (χ0n) is 11.2. The van der Waals surface area contributed by atoms with Gasteiger partial charge in [-0.2, -0.15) is 13.2 Å². The summed E-state index contributed by atoms with van der Waals surface area (Å²) in [6.45, 7) is 1.01. The van der Waals surface area contributed by atoms with Gasteiger partial charge in [0.1, 0.15) is 12.4 Å². The van der Waals surface area contributed by atoms with Gasteiger partial charge in [0.2, 0.25) is 0 Å². The molecule has 4 nitrogen and oxygen atoms in total. The fraction of sp³-hybridized carbons (Fsp3) is 0.462. The highest BCUT2D eigenvalue weighted by Crippen LogP contribution is 2.33. The van der Waals surface area contributed by atoms with Crippen LogP contribution >= 0.6 is 0 Å². The Morgan fingerprint density at radius 1 is 1.25 bits per heavy atom. The van der Waals surface area contributed by atoms with Gasteiger partial charge in [0.25, 0.3) is 0 Å². The van der Waals surface area contributed by atoms with Crippen LogP contribution in [0.25, 0.3) is 0 Å². The highest BCUT2D eigenvalue weighted by atomic mass is 19.4. The summed E-state index contributed by atoms with van der Waals surface area (Å²) >= 11 is 0. The van der Waals surface area contributed by atoms with E-state index in [-0.39, 0.29) is 24.5 Å². The quantitative estimate of drug-likeness (QED) is 0.644. The number of Topliss-reactive ketones (excluding diaryl/α,β-unsaturated/α-hetero) is 1. The summed E-state index contributed by atoms with van der Waals surface area (Å²) in [5.41, 5.74) is 1.97. The van der Waals surface area contributed by atoms with E-state index in [0.29, 0.717) is 6.92 Å². The van der Waals surface area contributed by atoms with Crippen LogP contribution in [-0.2, 0) is 4.74 Å². The first-order chi connectivity index (χ1) is 9.21. The summed E-state index contributed by atoms with van der Waals surface area (Å²) in [7, 11) is 1.46. The number of ketones is 1. The van der Waals surface area contributed by atoms with Crippen molar-refractivity contribution >= 4 is 5.78 Å². The van der Waals surface area contributed by atoms with Crippen molar-refractivity contribution in [3.05, 3.63) is 29.8 Å². The van der Waals surface area contributed by atoms with E-state index in [2.05, 4.69) is 0 Å². The van der Waals surface area contributed by atoms with Crippen molar-refractivity contribution in [2.75, 3.05) is 20.3 Å². The van der Waals surface area contributed by atoms with Gasteiger partial charge in [-0.15, -0.1) is 0 Å². The van der Waals surface area contributed by atoms with Gasteiger partial charge >= 0.3 is 6.18 Å². The minimum absolute atomic E-state index is 0.0514. The number of nitrogens with two attached hydrogens (primary N) is 1. The van der Waals surface area contributed by atoms with Crippen LogP contribution in [0.2, 0.25) is 0 Å².